The first-order valence-corrected chi connectivity index (χ1v) is 12.4. The summed E-state index contributed by atoms with van der Waals surface area (Å²) < 4.78 is 57.5. The quantitative estimate of drug-likeness (QED) is 0.674. The van der Waals surface area contributed by atoms with Crippen LogP contribution in [0.3, 0.4) is 0 Å². The zero-order valence-corrected chi connectivity index (χ0v) is 17.9. The van der Waals surface area contributed by atoms with E-state index in [4.69, 9.17) is 4.74 Å². The van der Waals surface area contributed by atoms with Crippen molar-refractivity contribution in [2.24, 2.45) is 5.92 Å². The molecule has 0 radical (unpaired) electrons. The minimum Gasteiger partial charge on any atom is -0.479 e. The zero-order valence-electron chi connectivity index (χ0n) is 16.3. The van der Waals surface area contributed by atoms with E-state index in [-0.39, 0.29) is 42.5 Å². The number of amides is 2. The maximum absolute atomic E-state index is 12.8. The SMILES string of the molecule is Cc1cc2c(cc1S(=O)(=O)NC(=O)C1CCN(S(C)(=O)=O)CC1)OC(C)C(=O)N2. The van der Waals surface area contributed by atoms with E-state index in [1.165, 1.54) is 23.4 Å². The minimum atomic E-state index is -4.17. The van der Waals surface area contributed by atoms with Crippen molar-refractivity contribution in [2.45, 2.75) is 37.7 Å². The molecule has 2 amide bonds. The van der Waals surface area contributed by atoms with Crippen molar-refractivity contribution < 1.29 is 31.2 Å². The number of nitrogens with zero attached hydrogens (tertiary/aromatic N) is 1. The van der Waals surface area contributed by atoms with Gasteiger partial charge in [0, 0.05) is 25.1 Å². The molecule has 0 spiro atoms. The van der Waals surface area contributed by atoms with Crippen LogP contribution in [0.15, 0.2) is 17.0 Å². The lowest BCUT2D eigenvalue weighted by atomic mass is 9.98. The van der Waals surface area contributed by atoms with Crippen molar-refractivity contribution in [1.82, 2.24) is 9.03 Å². The van der Waals surface area contributed by atoms with Gasteiger partial charge in [0.1, 0.15) is 5.75 Å². The highest BCUT2D eigenvalue weighted by atomic mass is 32.2. The number of hydrogen-bond acceptors (Lipinski definition) is 7. The molecule has 1 unspecified atom stereocenters. The third-order valence-corrected chi connectivity index (χ3v) is 7.82. The Morgan fingerprint density at radius 1 is 1.21 bits per heavy atom. The topological polar surface area (TPSA) is 139 Å². The molecule has 0 saturated carbocycles. The molecule has 29 heavy (non-hydrogen) atoms. The highest BCUT2D eigenvalue weighted by molar-refractivity contribution is 7.90. The number of benzene rings is 1. The lowest BCUT2D eigenvalue weighted by Gasteiger charge is -2.29. The largest absolute Gasteiger partial charge is 0.479 e. The van der Waals surface area contributed by atoms with E-state index >= 15 is 0 Å². The first kappa shape index (κ1) is 21.5. The number of sulfonamides is 2. The van der Waals surface area contributed by atoms with Gasteiger partial charge in [0.25, 0.3) is 15.9 Å². The van der Waals surface area contributed by atoms with Gasteiger partial charge in [-0.1, -0.05) is 0 Å². The molecular weight excluding hydrogens is 422 g/mol. The van der Waals surface area contributed by atoms with Crippen molar-refractivity contribution in [3.05, 3.63) is 17.7 Å². The Kier molecular flexibility index (Phi) is 5.62. The molecule has 3 rings (SSSR count). The number of ether oxygens (including phenoxy) is 1. The lowest BCUT2D eigenvalue weighted by Crippen LogP contribution is -2.44. The molecule has 0 aliphatic carbocycles. The van der Waals surface area contributed by atoms with Crippen LogP contribution in [0.1, 0.15) is 25.3 Å². The summed E-state index contributed by atoms with van der Waals surface area (Å²) >= 11 is 0. The van der Waals surface area contributed by atoms with Crippen LogP contribution in [0.4, 0.5) is 5.69 Å². The van der Waals surface area contributed by atoms with E-state index in [1.807, 2.05) is 0 Å². The molecule has 2 N–H and O–H groups in total. The molecule has 160 valence electrons. The highest BCUT2D eigenvalue weighted by Gasteiger charge is 2.32. The molecule has 2 aliphatic heterocycles. The molecule has 1 atom stereocenters. The lowest BCUT2D eigenvalue weighted by molar-refractivity contribution is -0.124. The van der Waals surface area contributed by atoms with Gasteiger partial charge in [-0.2, -0.15) is 0 Å². The smallest absolute Gasteiger partial charge is 0.265 e. The van der Waals surface area contributed by atoms with Gasteiger partial charge in [-0.3, -0.25) is 9.59 Å². The number of fused-ring (bicyclic) bond motifs is 1. The molecule has 10 nitrogen and oxygen atoms in total. The van der Waals surface area contributed by atoms with Gasteiger partial charge < -0.3 is 10.1 Å². The fourth-order valence-electron chi connectivity index (χ4n) is 3.35. The van der Waals surface area contributed by atoms with Gasteiger partial charge >= 0.3 is 0 Å². The monoisotopic (exact) mass is 445 g/mol. The molecule has 1 saturated heterocycles. The maximum Gasteiger partial charge on any atom is 0.265 e. The van der Waals surface area contributed by atoms with Crippen LogP contribution in [0.25, 0.3) is 0 Å². The minimum absolute atomic E-state index is 0.124. The Morgan fingerprint density at radius 2 is 1.83 bits per heavy atom. The molecule has 0 aromatic heterocycles. The van der Waals surface area contributed by atoms with Gasteiger partial charge in [-0.05, 0) is 38.3 Å². The summed E-state index contributed by atoms with van der Waals surface area (Å²) in [6.07, 6.45) is 0.812. The number of carbonyl (C=O) groups is 2. The van der Waals surface area contributed by atoms with E-state index in [0.717, 1.165) is 6.26 Å². The van der Waals surface area contributed by atoms with E-state index in [2.05, 4.69) is 10.0 Å². The molecule has 2 aliphatic rings. The second-order valence-electron chi connectivity index (χ2n) is 7.27. The van der Waals surface area contributed by atoms with Crippen LogP contribution in [0.2, 0.25) is 0 Å². The summed E-state index contributed by atoms with van der Waals surface area (Å²) in [5, 5.41) is 2.64. The number of piperidine rings is 1. The van der Waals surface area contributed by atoms with Gasteiger partial charge in [0.2, 0.25) is 15.9 Å². The summed E-state index contributed by atoms with van der Waals surface area (Å²) in [7, 11) is -7.51. The Bertz CT molecular complexity index is 1060. The third-order valence-electron chi connectivity index (χ3n) is 5.03. The Hall–Kier alpha value is -2.18. The summed E-state index contributed by atoms with van der Waals surface area (Å²) in [5.74, 6) is -1.40. The standard InChI is InChI=1S/C17H23N3O7S2/c1-10-8-13-14(27-11(2)16(21)18-13)9-15(10)29(25,26)19-17(22)12-4-6-20(7-5-12)28(3,23)24/h8-9,11-12H,4-7H2,1-3H3,(H,18,21)(H,19,22). The van der Waals surface area contributed by atoms with Crippen LogP contribution in [0, 0.1) is 12.8 Å². The van der Waals surface area contributed by atoms with E-state index in [0.29, 0.717) is 11.3 Å². The molecule has 1 aromatic carbocycles. The average Bonchev–Trinajstić information content (AvgIpc) is 2.61. The van der Waals surface area contributed by atoms with Crippen LogP contribution >= 0.6 is 0 Å². The van der Waals surface area contributed by atoms with Crippen LogP contribution in [-0.4, -0.2) is 58.4 Å². The molecule has 2 heterocycles. The van der Waals surface area contributed by atoms with Crippen molar-refractivity contribution in [1.29, 1.82) is 0 Å². The van der Waals surface area contributed by atoms with E-state index < -0.39 is 38.0 Å². The predicted octanol–water partition coefficient (Wildman–Crippen LogP) is 0.191. The number of anilines is 1. The number of rotatable bonds is 4. The Morgan fingerprint density at radius 3 is 2.41 bits per heavy atom. The van der Waals surface area contributed by atoms with Crippen molar-refractivity contribution in [3.8, 4) is 5.75 Å². The first-order chi connectivity index (χ1) is 13.4. The fourth-order valence-corrected chi connectivity index (χ4v) is 5.51. The maximum atomic E-state index is 12.8. The summed E-state index contributed by atoms with van der Waals surface area (Å²) in [6.45, 7) is 3.42. The van der Waals surface area contributed by atoms with Crippen molar-refractivity contribution >= 4 is 37.5 Å². The van der Waals surface area contributed by atoms with E-state index in [9.17, 15) is 26.4 Å². The van der Waals surface area contributed by atoms with Crippen molar-refractivity contribution in [2.75, 3.05) is 24.7 Å². The predicted molar refractivity (Wildman–Crippen MR) is 104 cm³/mol. The number of carbonyl (C=O) groups excluding carboxylic acids is 2. The molecule has 0 bridgehead atoms. The van der Waals surface area contributed by atoms with E-state index in [1.54, 1.807) is 6.92 Å². The highest BCUT2D eigenvalue weighted by Crippen LogP contribution is 2.34. The molecular formula is C17H23N3O7S2. The fraction of sp³-hybridized carbons (Fsp3) is 0.529. The number of aryl methyl sites for hydroxylation is 1. The first-order valence-electron chi connectivity index (χ1n) is 9.02. The normalized spacial score (nSPS) is 21.1. The molecule has 12 heteroatoms. The second-order valence-corrected chi connectivity index (χ2v) is 10.9. The summed E-state index contributed by atoms with van der Waals surface area (Å²) in [4.78, 5) is 24.1. The number of nitrogens with one attached hydrogen (secondary N) is 2. The second kappa shape index (κ2) is 7.58. The summed E-state index contributed by atoms with van der Waals surface area (Å²) in [5.41, 5.74) is 0.707. The van der Waals surface area contributed by atoms with Crippen LogP contribution in [0.5, 0.6) is 5.75 Å². The zero-order chi connectivity index (χ0) is 21.6. The summed E-state index contributed by atoms with van der Waals surface area (Å²) in [6, 6.07) is 2.76. The van der Waals surface area contributed by atoms with Gasteiger partial charge in [-0.15, -0.1) is 0 Å². The van der Waals surface area contributed by atoms with Gasteiger partial charge in [0.05, 0.1) is 16.8 Å². The van der Waals surface area contributed by atoms with Crippen LogP contribution in [-0.2, 0) is 29.6 Å². The molecule has 1 fully saturated rings. The Labute approximate surface area is 169 Å². The van der Waals surface area contributed by atoms with Gasteiger partial charge in [0.15, 0.2) is 6.10 Å². The third kappa shape index (κ3) is 4.54. The molecule has 1 aromatic rings. The average molecular weight is 446 g/mol. The number of hydrogen-bond donors (Lipinski definition) is 2. The van der Waals surface area contributed by atoms with Gasteiger partial charge in [-0.25, -0.2) is 25.9 Å². The van der Waals surface area contributed by atoms with Crippen molar-refractivity contribution in [3.63, 3.8) is 0 Å². The Balaban J connectivity index is 1.76. The van der Waals surface area contributed by atoms with Crippen LogP contribution < -0.4 is 14.8 Å².